The first kappa shape index (κ1) is 24.3. The van der Waals surface area contributed by atoms with Crippen LogP contribution in [0.5, 0.6) is 11.5 Å². The Balaban J connectivity index is 1.72. The molecule has 0 bridgehead atoms. The topological polar surface area (TPSA) is 18.5 Å². The lowest BCUT2D eigenvalue weighted by Crippen LogP contribution is -2.04. The second-order valence-corrected chi connectivity index (χ2v) is 9.02. The molecular weight excluding hydrogens is 368 g/mol. The molecule has 0 saturated carbocycles. The SMILES string of the molecule is CCCCCCOc1ccc(-c2ccc(OCCC(C)CCCC(C)C)cc2)cc1. The average molecular weight is 411 g/mol. The minimum Gasteiger partial charge on any atom is -0.494 e. The van der Waals surface area contributed by atoms with E-state index in [1.165, 1.54) is 49.7 Å². The van der Waals surface area contributed by atoms with Gasteiger partial charge in [0.25, 0.3) is 0 Å². The third-order valence-electron chi connectivity index (χ3n) is 5.67. The second kappa shape index (κ2) is 14.1. The monoisotopic (exact) mass is 410 g/mol. The molecule has 0 amide bonds. The van der Waals surface area contributed by atoms with Gasteiger partial charge in [-0.1, -0.05) is 90.5 Å². The third kappa shape index (κ3) is 9.69. The summed E-state index contributed by atoms with van der Waals surface area (Å²) in [5, 5.41) is 0. The second-order valence-electron chi connectivity index (χ2n) is 9.02. The molecule has 0 spiro atoms. The molecule has 2 rings (SSSR count). The van der Waals surface area contributed by atoms with E-state index in [2.05, 4.69) is 76.2 Å². The van der Waals surface area contributed by atoms with Gasteiger partial charge in [0.15, 0.2) is 0 Å². The van der Waals surface area contributed by atoms with Crippen LogP contribution in [0.1, 0.15) is 79.1 Å². The van der Waals surface area contributed by atoms with Crippen molar-refractivity contribution < 1.29 is 9.47 Å². The molecule has 2 nitrogen and oxygen atoms in total. The molecule has 0 aliphatic heterocycles. The van der Waals surface area contributed by atoms with Crippen molar-refractivity contribution in [3.8, 4) is 22.6 Å². The predicted octanol–water partition coefficient (Wildman–Crippen LogP) is 8.54. The minimum absolute atomic E-state index is 0.732. The van der Waals surface area contributed by atoms with Gasteiger partial charge in [-0.2, -0.15) is 0 Å². The molecule has 0 N–H and O–H groups in total. The van der Waals surface area contributed by atoms with Crippen LogP contribution in [0.2, 0.25) is 0 Å². The predicted molar refractivity (Wildman–Crippen MR) is 129 cm³/mol. The Morgan fingerprint density at radius 2 is 1.17 bits per heavy atom. The fourth-order valence-electron chi connectivity index (χ4n) is 3.60. The Labute approximate surface area is 185 Å². The van der Waals surface area contributed by atoms with E-state index in [0.717, 1.165) is 49.4 Å². The van der Waals surface area contributed by atoms with E-state index in [1.807, 2.05) is 0 Å². The molecule has 2 aromatic rings. The van der Waals surface area contributed by atoms with Crippen molar-refractivity contribution in [3.05, 3.63) is 48.5 Å². The highest BCUT2D eigenvalue weighted by atomic mass is 16.5. The zero-order valence-corrected chi connectivity index (χ0v) is 19.7. The summed E-state index contributed by atoms with van der Waals surface area (Å²) in [6.07, 6.45) is 10.0. The molecule has 0 aliphatic rings. The Bertz CT molecular complexity index is 673. The number of unbranched alkanes of at least 4 members (excludes halogenated alkanes) is 3. The highest BCUT2D eigenvalue weighted by Gasteiger charge is 2.05. The molecule has 166 valence electrons. The van der Waals surface area contributed by atoms with Crippen LogP contribution in [-0.2, 0) is 0 Å². The average Bonchev–Trinajstić information content (AvgIpc) is 2.74. The van der Waals surface area contributed by atoms with Crippen LogP contribution < -0.4 is 9.47 Å². The number of benzene rings is 2. The molecular formula is C28H42O2. The lowest BCUT2D eigenvalue weighted by atomic mass is 9.98. The maximum atomic E-state index is 5.97. The Morgan fingerprint density at radius 1 is 0.600 bits per heavy atom. The third-order valence-corrected chi connectivity index (χ3v) is 5.67. The van der Waals surface area contributed by atoms with Crippen molar-refractivity contribution in [2.24, 2.45) is 11.8 Å². The largest absolute Gasteiger partial charge is 0.494 e. The molecule has 0 fully saturated rings. The molecule has 0 saturated heterocycles. The summed E-state index contributed by atoms with van der Waals surface area (Å²) in [6, 6.07) is 16.9. The van der Waals surface area contributed by atoms with Crippen molar-refractivity contribution >= 4 is 0 Å². The van der Waals surface area contributed by atoms with Gasteiger partial charge in [0.2, 0.25) is 0 Å². The molecule has 1 unspecified atom stereocenters. The molecule has 2 heteroatoms. The summed E-state index contributed by atoms with van der Waals surface area (Å²) in [5.74, 6) is 3.46. The zero-order valence-electron chi connectivity index (χ0n) is 19.7. The van der Waals surface area contributed by atoms with Gasteiger partial charge in [-0.25, -0.2) is 0 Å². The van der Waals surface area contributed by atoms with Crippen molar-refractivity contribution in [3.63, 3.8) is 0 Å². The first-order chi connectivity index (χ1) is 14.6. The van der Waals surface area contributed by atoms with Crippen LogP contribution >= 0.6 is 0 Å². The standard InChI is InChI=1S/C28H42O2/c1-5-6-7-8-21-29-27-16-12-25(13-17-27)26-14-18-28(19-15-26)30-22-20-24(4)11-9-10-23(2)3/h12-19,23-24H,5-11,20-22H2,1-4H3. The maximum Gasteiger partial charge on any atom is 0.119 e. The van der Waals surface area contributed by atoms with Gasteiger partial charge in [0, 0.05) is 0 Å². The van der Waals surface area contributed by atoms with Crippen molar-refractivity contribution in [2.75, 3.05) is 13.2 Å². The van der Waals surface area contributed by atoms with E-state index < -0.39 is 0 Å². The molecule has 0 heterocycles. The summed E-state index contributed by atoms with van der Waals surface area (Å²) >= 11 is 0. The van der Waals surface area contributed by atoms with E-state index in [-0.39, 0.29) is 0 Å². The fourth-order valence-corrected chi connectivity index (χ4v) is 3.60. The molecule has 2 aromatic carbocycles. The summed E-state index contributed by atoms with van der Waals surface area (Å²) in [7, 11) is 0. The number of hydrogen-bond donors (Lipinski definition) is 0. The highest BCUT2D eigenvalue weighted by molar-refractivity contribution is 5.64. The quantitative estimate of drug-likeness (QED) is 0.274. The van der Waals surface area contributed by atoms with Gasteiger partial charge < -0.3 is 9.47 Å². The molecule has 0 radical (unpaired) electrons. The molecule has 30 heavy (non-hydrogen) atoms. The Hall–Kier alpha value is -1.96. The van der Waals surface area contributed by atoms with Crippen LogP contribution in [0.3, 0.4) is 0 Å². The van der Waals surface area contributed by atoms with Crippen molar-refractivity contribution in [1.29, 1.82) is 0 Å². The molecule has 0 aliphatic carbocycles. The van der Waals surface area contributed by atoms with Crippen LogP contribution in [0.25, 0.3) is 11.1 Å². The minimum atomic E-state index is 0.732. The van der Waals surface area contributed by atoms with E-state index in [1.54, 1.807) is 0 Å². The van der Waals surface area contributed by atoms with E-state index in [4.69, 9.17) is 9.47 Å². The maximum absolute atomic E-state index is 5.97. The fraction of sp³-hybridized carbons (Fsp3) is 0.571. The van der Waals surface area contributed by atoms with Crippen LogP contribution in [-0.4, -0.2) is 13.2 Å². The number of rotatable bonds is 15. The first-order valence-electron chi connectivity index (χ1n) is 12.0. The number of ether oxygens (including phenoxy) is 2. The summed E-state index contributed by atoms with van der Waals surface area (Å²) < 4.78 is 11.8. The van der Waals surface area contributed by atoms with E-state index in [9.17, 15) is 0 Å². The summed E-state index contributed by atoms with van der Waals surface area (Å²) in [4.78, 5) is 0. The van der Waals surface area contributed by atoms with Gasteiger partial charge in [0.1, 0.15) is 11.5 Å². The van der Waals surface area contributed by atoms with Gasteiger partial charge in [-0.05, 0) is 60.1 Å². The normalized spacial score (nSPS) is 12.2. The molecule has 0 aromatic heterocycles. The van der Waals surface area contributed by atoms with Crippen LogP contribution in [0.15, 0.2) is 48.5 Å². The lowest BCUT2D eigenvalue weighted by Gasteiger charge is -2.13. The lowest BCUT2D eigenvalue weighted by molar-refractivity contribution is 0.276. The highest BCUT2D eigenvalue weighted by Crippen LogP contribution is 2.25. The summed E-state index contributed by atoms with van der Waals surface area (Å²) in [6.45, 7) is 10.8. The number of hydrogen-bond acceptors (Lipinski definition) is 2. The van der Waals surface area contributed by atoms with Gasteiger partial charge >= 0.3 is 0 Å². The molecule has 1 atom stereocenters. The van der Waals surface area contributed by atoms with Gasteiger partial charge in [0.05, 0.1) is 13.2 Å². The van der Waals surface area contributed by atoms with Crippen LogP contribution in [0, 0.1) is 11.8 Å². The zero-order chi connectivity index (χ0) is 21.6. The van der Waals surface area contributed by atoms with E-state index in [0.29, 0.717) is 0 Å². The van der Waals surface area contributed by atoms with Gasteiger partial charge in [-0.3, -0.25) is 0 Å². The van der Waals surface area contributed by atoms with E-state index >= 15 is 0 Å². The first-order valence-corrected chi connectivity index (χ1v) is 12.0. The smallest absolute Gasteiger partial charge is 0.119 e. The summed E-state index contributed by atoms with van der Waals surface area (Å²) in [5.41, 5.74) is 2.41. The van der Waals surface area contributed by atoms with Crippen molar-refractivity contribution in [2.45, 2.75) is 79.1 Å². The van der Waals surface area contributed by atoms with Gasteiger partial charge in [-0.15, -0.1) is 0 Å². The van der Waals surface area contributed by atoms with Crippen molar-refractivity contribution in [1.82, 2.24) is 0 Å². The Kier molecular flexibility index (Phi) is 11.4. The van der Waals surface area contributed by atoms with Crippen LogP contribution in [0.4, 0.5) is 0 Å². The Morgan fingerprint density at radius 3 is 1.70 bits per heavy atom.